The first-order chi connectivity index (χ1) is 15.6. The van der Waals surface area contributed by atoms with Crippen LogP contribution in [0.5, 0.6) is 0 Å². The van der Waals surface area contributed by atoms with Gasteiger partial charge in [0.25, 0.3) is 5.91 Å². The predicted molar refractivity (Wildman–Crippen MR) is 119 cm³/mol. The van der Waals surface area contributed by atoms with Gasteiger partial charge in [0.1, 0.15) is 0 Å². The van der Waals surface area contributed by atoms with Gasteiger partial charge in [-0.2, -0.15) is 0 Å². The van der Waals surface area contributed by atoms with Crippen LogP contribution >= 0.6 is 0 Å². The number of benzene rings is 1. The van der Waals surface area contributed by atoms with E-state index in [0.717, 1.165) is 19.4 Å². The van der Waals surface area contributed by atoms with Gasteiger partial charge in [-0.05, 0) is 38.2 Å². The van der Waals surface area contributed by atoms with Crippen LogP contribution in [0, 0.1) is 6.92 Å². The molecule has 0 aliphatic carbocycles. The average Bonchev–Trinajstić information content (AvgIpc) is 3.34. The zero-order valence-corrected chi connectivity index (χ0v) is 18.6. The van der Waals surface area contributed by atoms with E-state index in [4.69, 9.17) is 4.52 Å². The molecule has 2 aromatic rings. The molecule has 3 fully saturated rings. The second kappa shape index (κ2) is 8.94. The van der Waals surface area contributed by atoms with Crippen LogP contribution in [0.1, 0.15) is 47.5 Å². The monoisotopic (exact) mass is 437 g/mol. The molecule has 32 heavy (non-hydrogen) atoms. The second-order valence-electron chi connectivity index (χ2n) is 9.27. The van der Waals surface area contributed by atoms with Crippen LogP contribution in [0.4, 0.5) is 4.79 Å². The molecule has 5 rings (SSSR count). The third-order valence-electron chi connectivity index (χ3n) is 7.11. The van der Waals surface area contributed by atoms with Crippen LogP contribution in [-0.2, 0) is 6.54 Å². The summed E-state index contributed by atoms with van der Waals surface area (Å²) in [4.78, 5) is 31.6. The van der Waals surface area contributed by atoms with Gasteiger partial charge in [-0.1, -0.05) is 35.5 Å². The molecular weight excluding hydrogens is 406 g/mol. The number of aryl methyl sites for hydroxylation is 1. The first-order valence-corrected chi connectivity index (χ1v) is 11.6. The molecule has 0 spiro atoms. The topological polar surface area (TPSA) is 81.9 Å². The Hall–Kier alpha value is -2.87. The van der Waals surface area contributed by atoms with Crippen molar-refractivity contribution < 1.29 is 14.1 Å². The molecular formula is C24H31N5O3. The molecule has 3 amide bonds. The van der Waals surface area contributed by atoms with Crippen LogP contribution in [-0.4, -0.2) is 76.1 Å². The SMILES string of the molecule is Cc1cc(C(=O)N2CCN(C(=O)NC3CC4CCC(C3)N4Cc3ccccc3)CC2)on1. The van der Waals surface area contributed by atoms with Gasteiger partial charge in [-0.3, -0.25) is 9.69 Å². The Kier molecular flexibility index (Phi) is 5.87. The first kappa shape index (κ1) is 21.0. The van der Waals surface area contributed by atoms with Gasteiger partial charge in [0.05, 0.1) is 5.69 Å². The van der Waals surface area contributed by atoms with Crippen LogP contribution in [0.25, 0.3) is 0 Å². The molecule has 8 heteroatoms. The van der Waals surface area contributed by atoms with E-state index < -0.39 is 0 Å². The summed E-state index contributed by atoms with van der Waals surface area (Å²) >= 11 is 0. The van der Waals surface area contributed by atoms with E-state index in [2.05, 4.69) is 45.7 Å². The Morgan fingerprint density at radius 3 is 2.31 bits per heavy atom. The number of amides is 3. The quantitative estimate of drug-likeness (QED) is 0.795. The van der Waals surface area contributed by atoms with Gasteiger partial charge in [0.15, 0.2) is 0 Å². The third-order valence-corrected chi connectivity index (χ3v) is 7.11. The molecule has 2 unspecified atom stereocenters. The highest BCUT2D eigenvalue weighted by atomic mass is 16.5. The van der Waals surface area contributed by atoms with Crippen LogP contribution in [0.3, 0.4) is 0 Å². The van der Waals surface area contributed by atoms with Crippen molar-refractivity contribution in [2.45, 2.75) is 57.3 Å². The molecule has 0 saturated carbocycles. The Morgan fingerprint density at radius 1 is 1.03 bits per heavy atom. The smallest absolute Gasteiger partial charge is 0.317 e. The molecule has 1 aromatic carbocycles. The number of fused-ring (bicyclic) bond motifs is 2. The summed E-state index contributed by atoms with van der Waals surface area (Å²) in [7, 11) is 0. The van der Waals surface area contributed by atoms with Crippen LogP contribution in [0.2, 0.25) is 0 Å². The number of hydrogen-bond acceptors (Lipinski definition) is 5. The van der Waals surface area contributed by atoms with Crippen molar-refractivity contribution >= 4 is 11.9 Å². The Labute approximate surface area is 188 Å². The van der Waals surface area contributed by atoms with Crippen molar-refractivity contribution in [3.63, 3.8) is 0 Å². The largest absolute Gasteiger partial charge is 0.351 e. The maximum atomic E-state index is 12.9. The minimum absolute atomic E-state index is 0.00600. The van der Waals surface area contributed by atoms with Crippen LogP contribution in [0.15, 0.2) is 40.9 Å². The highest BCUT2D eigenvalue weighted by molar-refractivity contribution is 5.91. The van der Waals surface area contributed by atoms with Gasteiger partial charge >= 0.3 is 6.03 Å². The number of nitrogens with zero attached hydrogens (tertiary/aromatic N) is 4. The lowest BCUT2D eigenvalue weighted by Gasteiger charge is -2.40. The fourth-order valence-electron chi connectivity index (χ4n) is 5.44. The Bertz CT molecular complexity index is 940. The number of piperidine rings is 1. The average molecular weight is 438 g/mol. The molecule has 0 radical (unpaired) electrons. The molecule has 3 aliphatic heterocycles. The van der Waals surface area contributed by atoms with E-state index >= 15 is 0 Å². The van der Waals surface area contributed by atoms with Crippen molar-refractivity contribution in [1.29, 1.82) is 0 Å². The summed E-state index contributed by atoms with van der Waals surface area (Å²) in [5.41, 5.74) is 2.05. The van der Waals surface area contributed by atoms with Crippen molar-refractivity contribution in [2.24, 2.45) is 0 Å². The van der Waals surface area contributed by atoms with Crippen molar-refractivity contribution in [3.05, 3.63) is 53.4 Å². The van der Waals surface area contributed by atoms with Gasteiger partial charge in [-0.15, -0.1) is 0 Å². The number of rotatable bonds is 4. The molecule has 1 N–H and O–H groups in total. The third kappa shape index (κ3) is 4.37. The number of carbonyl (C=O) groups excluding carboxylic acids is 2. The van der Waals surface area contributed by atoms with Crippen LogP contribution < -0.4 is 5.32 Å². The van der Waals surface area contributed by atoms with Gasteiger partial charge in [-0.25, -0.2) is 4.79 Å². The lowest BCUT2D eigenvalue weighted by molar-refractivity contribution is 0.0616. The normalized spacial score (nSPS) is 25.7. The molecule has 3 saturated heterocycles. The minimum Gasteiger partial charge on any atom is -0.351 e. The molecule has 8 nitrogen and oxygen atoms in total. The zero-order chi connectivity index (χ0) is 22.1. The summed E-state index contributed by atoms with van der Waals surface area (Å²) in [5.74, 6) is 0.103. The van der Waals surface area contributed by atoms with E-state index in [-0.39, 0.29) is 23.7 Å². The van der Waals surface area contributed by atoms with Crippen molar-refractivity contribution in [2.75, 3.05) is 26.2 Å². The minimum atomic E-state index is -0.159. The summed E-state index contributed by atoms with van der Waals surface area (Å²) in [6.07, 6.45) is 4.45. The second-order valence-corrected chi connectivity index (χ2v) is 9.27. The van der Waals surface area contributed by atoms with E-state index in [0.29, 0.717) is 44.0 Å². The fourth-order valence-corrected chi connectivity index (χ4v) is 5.44. The highest BCUT2D eigenvalue weighted by Gasteiger charge is 2.41. The van der Waals surface area contributed by atoms with Gasteiger partial charge < -0.3 is 19.6 Å². The van der Waals surface area contributed by atoms with Crippen molar-refractivity contribution in [1.82, 2.24) is 25.2 Å². The van der Waals surface area contributed by atoms with E-state index in [1.807, 2.05) is 4.90 Å². The number of carbonyl (C=O) groups is 2. The van der Waals surface area contributed by atoms with Crippen molar-refractivity contribution in [3.8, 4) is 0 Å². The standard InChI is InChI=1S/C24H31N5O3/c1-17-13-22(32-26-17)23(30)27-9-11-28(12-10-27)24(31)25-19-14-20-7-8-21(15-19)29(20)16-18-5-3-2-4-6-18/h2-6,13,19-21H,7-12,14-16H2,1H3,(H,25,31). The predicted octanol–water partition coefficient (Wildman–Crippen LogP) is 2.65. The number of piperazine rings is 1. The molecule has 4 heterocycles. The first-order valence-electron chi connectivity index (χ1n) is 11.6. The summed E-state index contributed by atoms with van der Waals surface area (Å²) in [6.45, 7) is 4.87. The Balaban J connectivity index is 1.11. The number of nitrogens with one attached hydrogen (secondary N) is 1. The molecule has 170 valence electrons. The summed E-state index contributed by atoms with van der Waals surface area (Å²) < 4.78 is 5.09. The maximum absolute atomic E-state index is 12.9. The number of aromatic nitrogens is 1. The lowest BCUT2D eigenvalue weighted by Crippen LogP contribution is -2.56. The summed E-state index contributed by atoms with van der Waals surface area (Å²) in [6, 6.07) is 13.6. The molecule has 1 aromatic heterocycles. The van der Waals surface area contributed by atoms with E-state index in [9.17, 15) is 9.59 Å². The summed E-state index contributed by atoms with van der Waals surface area (Å²) in [5, 5.41) is 7.07. The molecule has 2 atom stereocenters. The molecule has 3 aliphatic rings. The zero-order valence-electron chi connectivity index (χ0n) is 18.6. The van der Waals surface area contributed by atoms with Gasteiger partial charge in [0, 0.05) is 56.9 Å². The highest BCUT2D eigenvalue weighted by Crippen LogP contribution is 2.36. The lowest BCUT2D eigenvalue weighted by atomic mass is 9.96. The molecule has 2 bridgehead atoms. The Morgan fingerprint density at radius 2 is 1.69 bits per heavy atom. The number of hydrogen-bond donors (Lipinski definition) is 1. The maximum Gasteiger partial charge on any atom is 0.317 e. The van der Waals surface area contributed by atoms with E-state index in [1.165, 1.54) is 18.4 Å². The van der Waals surface area contributed by atoms with Gasteiger partial charge in [0.2, 0.25) is 5.76 Å². The van der Waals surface area contributed by atoms with E-state index in [1.54, 1.807) is 17.9 Å². The number of urea groups is 1. The fraction of sp³-hybridized carbons (Fsp3) is 0.542.